The minimum Gasteiger partial charge on any atom is -0.329 e. The van der Waals surface area contributed by atoms with Crippen molar-refractivity contribution in [3.8, 4) is 0 Å². The Balaban J connectivity index is 2.11. The zero-order valence-electron chi connectivity index (χ0n) is 8.44. The summed E-state index contributed by atoms with van der Waals surface area (Å²) in [7, 11) is 0. The smallest absolute Gasteiger partial charge is 0.143 e. The molecule has 3 rings (SSSR count). The Bertz CT molecular complexity index is 449. The van der Waals surface area contributed by atoms with E-state index in [-0.39, 0.29) is 5.41 Å². The van der Waals surface area contributed by atoms with Gasteiger partial charge in [0.25, 0.3) is 0 Å². The summed E-state index contributed by atoms with van der Waals surface area (Å²) in [5.74, 6) is 0. The predicted molar refractivity (Wildman–Crippen MR) is 62.0 cm³/mol. The second-order valence-corrected chi connectivity index (χ2v) is 5.16. The summed E-state index contributed by atoms with van der Waals surface area (Å²) in [4.78, 5) is 10.0. The molecule has 2 aromatic heterocycles. The van der Waals surface area contributed by atoms with Gasteiger partial charge in [-0.3, -0.25) is 0 Å². The molecule has 0 aromatic carbocycles. The predicted octanol–water partition coefficient (Wildman–Crippen LogP) is 2.07. The molecule has 2 N–H and O–H groups in total. The van der Waals surface area contributed by atoms with Crippen molar-refractivity contribution in [2.75, 3.05) is 6.54 Å². The lowest BCUT2D eigenvalue weighted by Gasteiger charge is -2.38. The van der Waals surface area contributed by atoms with Gasteiger partial charge in [0.2, 0.25) is 0 Å². The van der Waals surface area contributed by atoms with Crippen molar-refractivity contribution in [3.05, 3.63) is 23.3 Å². The third-order valence-electron chi connectivity index (χ3n) is 3.32. The first-order valence-electron chi connectivity index (χ1n) is 5.26. The molecule has 0 radical (unpaired) electrons. The molecule has 0 atom stereocenters. The summed E-state index contributed by atoms with van der Waals surface area (Å²) in [5, 5.41) is 1.19. The van der Waals surface area contributed by atoms with Gasteiger partial charge in [-0.2, -0.15) is 0 Å². The summed E-state index contributed by atoms with van der Waals surface area (Å²) < 4.78 is 0. The third-order valence-corrected chi connectivity index (χ3v) is 4.55. The maximum Gasteiger partial charge on any atom is 0.143 e. The second kappa shape index (κ2) is 3.25. The van der Waals surface area contributed by atoms with Gasteiger partial charge in [-0.25, -0.2) is 9.97 Å². The lowest BCUT2D eigenvalue weighted by atomic mass is 9.69. The van der Waals surface area contributed by atoms with Gasteiger partial charge in [0.05, 0.1) is 0 Å². The van der Waals surface area contributed by atoms with Crippen molar-refractivity contribution < 1.29 is 0 Å². The van der Waals surface area contributed by atoms with Gasteiger partial charge < -0.3 is 5.73 Å². The van der Waals surface area contributed by atoms with E-state index in [2.05, 4.69) is 9.97 Å². The van der Waals surface area contributed by atoms with E-state index in [1.165, 1.54) is 24.3 Å². The minimum atomic E-state index is 0.172. The Hall–Kier alpha value is -1.00. The van der Waals surface area contributed by atoms with Gasteiger partial charge in [-0.05, 0) is 25.0 Å². The van der Waals surface area contributed by atoms with Crippen LogP contribution in [-0.4, -0.2) is 16.5 Å². The highest BCUT2D eigenvalue weighted by molar-refractivity contribution is 7.18. The summed E-state index contributed by atoms with van der Waals surface area (Å²) in [6, 6.07) is 3.95. The van der Waals surface area contributed by atoms with Crippen LogP contribution in [0.1, 0.15) is 24.3 Å². The molecule has 0 bridgehead atoms. The Morgan fingerprint density at radius 1 is 1.47 bits per heavy atom. The van der Waals surface area contributed by atoms with E-state index in [0.717, 1.165) is 10.3 Å². The second-order valence-electron chi connectivity index (χ2n) is 4.18. The summed E-state index contributed by atoms with van der Waals surface area (Å²) in [5.41, 5.74) is 7.05. The van der Waals surface area contributed by atoms with Crippen LogP contribution in [0.4, 0.5) is 0 Å². The van der Waals surface area contributed by atoms with Crippen LogP contribution >= 0.6 is 11.3 Å². The molecular weight excluding hydrogens is 206 g/mol. The highest BCUT2D eigenvalue weighted by Gasteiger charge is 2.40. The fourth-order valence-electron chi connectivity index (χ4n) is 2.11. The van der Waals surface area contributed by atoms with E-state index in [1.54, 1.807) is 11.3 Å². The van der Waals surface area contributed by atoms with Gasteiger partial charge in [0.15, 0.2) is 0 Å². The number of thiazole rings is 1. The average Bonchev–Trinajstić information content (AvgIpc) is 2.60. The van der Waals surface area contributed by atoms with Crippen LogP contribution in [0.25, 0.3) is 10.3 Å². The number of aromatic nitrogens is 2. The number of nitrogens with two attached hydrogens (primary N) is 1. The quantitative estimate of drug-likeness (QED) is 0.841. The van der Waals surface area contributed by atoms with Crippen molar-refractivity contribution in [2.24, 2.45) is 5.73 Å². The van der Waals surface area contributed by atoms with E-state index in [1.807, 2.05) is 18.3 Å². The first-order valence-corrected chi connectivity index (χ1v) is 6.08. The molecule has 0 saturated heterocycles. The maximum atomic E-state index is 5.87. The van der Waals surface area contributed by atoms with Crippen LogP contribution in [0.15, 0.2) is 18.3 Å². The normalized spacial score (nSPS) is 19.0. The number of fused-ring (bicyclic) bond motifs is 1. The molecule has 1 fully saturated rings. The lowest BCUT2D eigenvalue weighted by Crippen LogP contribution is -2.41. The highest BCUT2D eigenvalue weighted by Crippen LogP contribution is 2.44. The van der Waals surface area contributed by atoms with Gasteiger partial charge >= 0.3 is 0 Å². The number of hydrogen-bond donors (Lipinski definition) is 1. The minimum absolute atomic E-state index is 0.172. The van der Waals surface area contributed by atoms with Crippen molar-refractivity contribution in [3.63, 3.8) is 0 Å². The van der Waals surface area contributed by atoms with Crippen LogP contribution in [0.3, 0.4) is 0 Å². The van der Waals surface area contributed by atoms with Crippen LogP contribution < -0.4 is 5.73 Å². The largest absolute Gasteiger partial charge is 0.329 e. The van der Waals surface area contributed by atoms with Crippen LogP contribution in [0, 0.1) is 0 Å². The standard InChI is InChI=1S/C11H13N3S/c12-7-11(4-2-5-11)10-14-8-3-1-6-13-9(8)15-10/h1,3,6H,2,4-5,7,12H2. The number of hydrogen-bond acceptors (Lipinski definition) is 4. The first-order chi connectivity index (χ1) is 7.34. The highest BCUT2D eigenvalue weighted by atomic mass is 32.1. The summed E-state index contributed by atoms with van der Waals surface area (Å²) in [6.45, 7) is 0.715. The zero-order chi connectivity index (χ0) is 10.3. The Kier molecular flexibility index (Phi) is 2.00. The van der Waals surface area contributed by atoms with E-state index in [0.29, 0.717) is 6.54 Å². The van der Waals surface area contributed by atoms with Crippen molar-refractivity contribution in [2.45, 2.75) is 24.7 Å². The molecule has 0 spiro atoms. The SMILES string of the molecule is NCC1(c2nc3cccnc3s2)CCC1. The van der Waals surface area contributed by atoms with Gasteiger partial charge in [-0.15, -0.1) is 0 Å². The van der Waals surface area contributed by atoms with E-state index >= 15 is 0 Å². The molecule has 2 heterocycles. The summed E-state index contributed by atoms with van der Waals surface area (Å²) >= 11 is 1.70. The molecule has 1 saturated carbocycles. The molecule has 2 aromatic rings. The van der Waals surface area contributed by atoms with Gasteiger partial charge in [-0.1, -0.05) is 17.8 Å². The van der Waals surface area contributed by atoms with E-state index in [9.17, 15) is 0 Å². The summed E-state index contributed by atoms with van der Waals surface area (Å²) in [6.07, 6.45) is 5.47. The Morgan fingerprint density at radius 3 is 2.93 bits per heavy atom. The van der Waals surface area contributed by atoms with Crippen LogP contribution in [-0.2, 0) is 5.41 Å². The average molecular weight is 219 g/mol. The number of nitrogens with zero attached hydrogens (tertiary/aromatic N) is 2. The van der Waals surface area contributed by atoms with Gasteiger partial charge in [0.1, 0.15) is 15.4 Å². The molecule has 0 unspecified atom stereocenters. The zero-order valence-corrected chi connectivity index (χ0v) is 9.26. The molecule has 78 valence electrons. The third kappa shape index (κ3) is 1.28. The van der Waals surface area contributed by atoms with Crippen molar-refractivity contribution in [1.82, 2.24) is 9.97 Å². The molecule has 1 aliphatic rings. The molecular formula is C11H13N3S. The Morgan fingerprint density at radius 2 is 2.33 bits per heavy atom. The topological polar surface area (TPSA) is 51.8 Å². The fraction of sp³-hybridized carbons (Fsp3) is 0.455. The first kappa shape index (κ1) is 9.24. The maximum absolute atomic E-state index is 5.87. The lowest BCUT2D eigenvalue weighted by molar-refractivity contribution is 0.252. The monoisotopic (exact) mass is 219 g/mol. The molecule has 15 heavy (non-hydrogen) atoms. The van der Waals surface area contributed by atoms with Crippen molar-refractivity contribution >= 4 is 21.7 Å². The molecule has 0 aliphatic heterocycles. The molecule has 0 amide bonds. The van der Waals surface area contributed by atoms with Crippen LogP contribution in [0.5, 0.6) is 0 Å². The van der Waals surface area contributed by atoms with Crippen molar-refractivity contribution in [1.29, 1.82) is 0 Å². The van der Waals surface area contributed by atoms with Gasteiger partial charge in [0, 0.05) is 18.2 Å². The van der Waals surface area contributed by atoms with E-state index < -0.39 is 0 Å². The molecule has 1 aliphatic carbocycles. The molecule has 4 heteroatoms. The van der Waals surface area contributed by atoms with Crippen LogP contribution in [0.2, 0.25) is 0 Å². The fourth-order valence-corrected chi connectivity index (χ4v) is 3.27. The van der Waals surface area contributed by atoms with E-state index in [4.69, 9.17) is 5.73 Å². The number of rotatable bonds is 2. The number of pyridine rings is 1. The Labute approximate surface area is 92.4 Å². The molecule has 3 nitrogen and oxygen atoms in total.